The lowest BCUT2D eigenvalue weighted by Crippen LogP contribution is -2.35. The molecule has 1 amide bonds. The molecule has 0 saturated carbocycles. The molecule has 0 unspecified atom stereocenters. The van der Waals surface area contributed by atoms with Gasteiger partial charge in [0.15, 0.2) is 6.04 Å². The van der Waals surface area contributed by atoms with Gasteiger partial charge in [-0.05, 0) is 24.1 Å². The molecule has 170 valence electrons. The van der Waals surface area contributed by atoms with Gasteiger partial charge in [-0.15, -0.1) is 0 Å². The predicted molar refractivity (Wildman–Crippen MR) is 116 cm³/mol. The van der Waals surface area contributed by atoms with Gasteiger partial charge < -0.3 is 14.6 Å². The van der Waals surface area contributed by atoms with E-state index >= 15 is 0 Å². The number of nitrogens with one attached hydrogen (secondary N) is 1. The molecule has 1 aromatic heterocycles. The highest BCUT2D eigenvalue weighted by Crippen LogP contribution is 2.24. The standard InChI is InChI=1S/C22H20N4O7/c27-21(17-13-18(25(29)30)15-19(14-17)26(31)32)23-20(16-7-2-1-3-8-16)22(28)33-12-6-11-24-9-4-5-10-24/h1-5,7-10,13-15,20H,6,11-12H2,(H,23,27)/t20-/m0/s1. The van der Waals surface area contributed by atoms with Crippen LogP contribution in [0.15, 0.2) is 73.1 Å². The highest BCUT2D eigenvalue weighted by Gasteiger charge is 2.27. The second-order valence-corrected chi connectivity index (χ2v) is 7.01. The third-order valence-corrected chi connectivity index (χ3v) is 4.70. The minimum absolute atomic E-state index is 0.110. The van der Waals surface area contributed by atoms with Crippen LogP contribution in [0.5, 0.6) is 0 Å². The van der Waals surface area contributed by atoms with Gasteiger partial charge in [-0.25, -0.2) is 4.79 Å². The Labute approximate surface area is 187 Å². The molecule has 3 rings (SSSR count). The van der Waals surface area contributed by atoms with Gasteiger partial charge in [-0.3, -0.25) is 25.0 Å². The largest absolute Gasteiger partial charge is 0.464 e. The van der Waals surface area contributed by atoms with E-state index in [-0.39, 0.29) is 12.2 Å². The van der Waals surface area contributed by atoms with E-state index in [1.165, 1.54) is 0 Å². The van der Waals surface area contributed by atoms with E-state index < -0.39 is 39.1 Å². The van der Waals surface area contributed by atoms with Crippen molar-refractivity contribution in [3.8, 4) is 0 Å². The SMILES string of the molecule is O=C(N[C@H](C(=O)OCCCn1cccc1)c1ccccc1)c1cc([N+](=O)[O-])cc([N+](=O)[O-])c1. The number of amides is 1. The van der Waals surface area contributed by atoms with Crippen LogP contribution in [0.1, 0.15) is 28.4 Å². The first kappa shape index (κ1) is 23.1. The molecule has 0 saturated heterocycles. The van der Waals surface area contributed by atoms with Crippen LogP contribution in [0.4, 0.5) is 11.4 Å². The molecule has 3 aromatic rings. The molecule has 0 spiro atoms. The van der Waals surface area contributed by atoms with Gasteiger partial charge in [0.05, 0.1) is 28.1 Å². The summed E-state index contributed by atoms with van der Waals surface area (Å²) in [6.45, 7) is 0.749. The van der Waals surface area contributed by atoms with Crippen molar-refractivity contribution in [2.24, 2.45) is 0 Å². The Morgan fingerprint density at radius 2 is 1.55 bits per heavy atom. The van der Waals surface area contributed by atoms with E-state index in [9.17, 15) is 29.8 Å². The smallest absolute Gasteiger partial charge is 0.333 e. The number of esters is 1. The van der Waals surface area contributed by atoms with Gasteiger partial charge >= 0.3 is 5.97 Å². The van der Waals surface area contributed by atoms with Crippen LogP contribution in [0, 0.1) is 20.2 Å². The average Bonchev–Trinajstić information content (AvgIpc) is 3.33. The van der Waals surface area contributed by atoms with Crippen molar-refractivity contribution in [3.63, 3.8) is 0 Å². The van der Waals surface area contributed by atoms with Crippen molar-refractivity contribution in [2.45, 2.75) is 19.0 Å². The lowest BCUT2D eigenvalue weighted by Gasteiger charge is -2.18. The molecule has 0 radical (unpaired) electrons. The highest BCUT2D eigenvalue weighted by atomic mass is 16.6. The minimum atomic E-state index is -1.21. The zero-order chi connectivity index (χ0) is 23.8. The van der Waals surface area contributed by atoms with Crippen molar-refractivity contribution in [3.05, 3.63) is 104 Å². The number of rotatable bonds is 10. The number of hydrogen-bond acceptors (Lipinski definition) is 7. The Bertz CT molecular complexity index is 1110. The minimum Gasteiger partial charge on any atom is -0.464 e. The third kappa shape index (κ3) is 6.23. The van der Waals surface area contributed by atoms with E-state index in [1.54, 1.807) is 30.3 Å². The van der Waals surface area contributed by atoms with E-state index in [0.29, 0.717) is 18.5 Å². The Morgan fingerprint density at radius 1 is 0.939 bits per heavy atom. The van der Waals surface area contributed by atoms with Crippen LogP contribution in [0.3, 0.4) is 0 Å². The number of benzene rings is 2. The van der Waals surface area contributed by atoms with Gasteiger partial charge in [0.2, 0.25) is 0 Å². The maximum absolute atomic E-state index is 12.8. The lowest BCUT2D eigenvalue weighted by molar-refractivity contribution is -0.394. The van der Waals surface area contributed by atoms with Crippen molar-refractivity contribution in [1.82, 2.24) is 9.88 Å². The van der Waals surface area contributed by atoms with Crippen molar-refractivity contribution < 1.29 is 24.2 Å². The third-order valence-electron chi connectivity index (χ3n) is 4.70. The van der Waals surface area contributed by atoms with Gasteiger partial charge in [0.1, 0.15) is 0 Å². The summed E-state index contributed by atoms with van der Waals surface area (Å²) >= 11 is 0. The van der Waals surface area contributed by atoms with E-state index in [1.807, 2.05) is 29.1 Å². The van der Waals surface area contributed by atoms with E-state index in [2.05, 4.69) is 5.32 Å². The maximum Gasteiger partial charge on any atom is 0.333 e. The molecule has 0 bridgehead atoms. The Hall–Kier alpha value is -4.54. The van der Waals surface area contributed by atoms with Crippen LogP contribution in [0.25, 0.3) is 0 Å². The zero-order valence-electron chi connectivity index (χ0n) is 17.3. The monoisotopic (exact) mass is 452 g/mol. The average molecular weight is 452 g/mol. The lowest BCUT2D eigenvalue weighted by atomic mass is 10.1. The molecule has 0 fully saturated rings. The summed E-state index contributed by atoms with van der Waals surface area (Å²) in [5, 5.41) is 24.7. The fourth-order valence-electron chi connectivity index (χ4n) is 3.10. The maximum atomic E-state index is 12.8. The molecule has 1 atom stereocenters. The van der Waals surface area contributed by atoms with Crippen LogP contribution in [-0.4, -0.2) is 32.9 Å². The number of ether oxygens (including phenoxy) is 1. The molecule has 11 nitrogen and oxygen atoms in total. The Morgan fingerprint density at radius 3 is 2.12 bits per heavy atom. The molecule has 1 N–H and O–H groups in total. The number of aromatic nitrogens is 1. The van der Waals surface area contributed by atoms with E-state index in [0.717, 1.165) is 18.2 Å². The van der Waals surface area contributed by atoms with Gasteiger partial charge in [-0.2, -0.15) is 0 Å². The zero-order valence-corrected chi connectivity index (χ0v) is 17.3. The van der Waals surface area contributed by atoms with Gasteiger partial charge in [0, 0.05) is 31.1 Å². The number of carbonyl (C=O) groups is 2. The van der Waals surface area contributed by atoms with Crippen molar-refractivity contribution >= 4 is 23.3 Å². The van der Waals surface area contributed by atoms with Gasteiger partial charge in [-0.1, -0.05) is 30.3 Å². The van der Waals surface area contributed by atoms with Crippen LogP contribution < -0.4 is 5.32 Å². The Kier molecular flexibility index (Phi) is 7.47. The second-order valence-electron chi connectivity index (χ2n) is 7.01. The number of nitro groups is 2. The highest BCUT2D eigenvalue weighted by molar-refractivity contribution is 5.98. The molecule has 33 heavy (non-hydrogen) atoms. The number of nitro benzene ring substituents is 2. The first-order chi connectivity index (χ1) is 15.8. The molecular weight excluding hydrogens is 432 g/mol. The molecule has 11 heteroatoms. The summed E-state index contributed by atoms with van der Waals surface area (Å²) < 4.78 is 7.26. The summed E-state index contributed by atoms with van der Waals surface area (Å²) in [7, 11) is 0. The summed E-state index contributed by atoms with van der Waals surface area (Å²) in [6.07, 6.45) is 4.31. The first-order valence-electron chi connectivity index (χ1n) is 9.92. The summed E-state index contributed by atoms with van der Waals surface area (Å²) in [4.78, 5) is 46.1. The number of carbonyl (C=O) groups excluding carboxylic acids is 2. The molecule has 0 aliphatic rings. The summed E-state index contributed by atoms with van der Waals surface area (Å²) in [5.74, 6) is -1.61. The molecule has 2 aromatic carbocycles. The fourth-order valence-corrected chi connectivity index (χ4v) is 3.10. The van der Waals surface area contributed by atoms with Crippen LogP contribution in [-0.2, 0) is 16.1 Å². The second kappa shape index (κ2) is 10.7. The topological polar surface area (TPSA) is 147 Å². The summed E-state index contributed by atoms with van der Waals surface area (Å²) in [5.41, 5.74) is -1.12. The molecule has 0 aliphatic heterocycles. The van der Waals surface area contributed by atoms with E-state index in [4.69, 9.17) is 4.74 Å². The quantitative estimate of drug-likeness (QED) is 0.215. The first-order valence-corrected chi connectivity index (χ1v) is 9.92. The fraction of sp³-hybridized carbons (Fsp3) is 0.182. The van der Waals surface area contributed by atoms with Crippen molar-refractivity contribution in [2.75, 3.05) is 6.61 Å². The molecule has 1 heterocycles. The van der Waals surface area contributed by atoms with Crippen LogP contribution in [0.2, 0.25) is 0 Å². The number of nitrogens with zero attached hydrogens (tertiary/aromatic N) is 3. The molecule has 0 aliphatic carbocycles. The Balaban J connectivity index is 1.76. The van der Waals surface area contributed by atoms with Crippen molar-refractivity contribution in [1.29, 1.82) is 0 Å². The predicted octanol–water partition coefficient (Wildman–Crippen LogP) is 3.41. The summed E-state index contributed by atoms with van der Waals surface area (Å²) in [6, 6.07) is 13.4. The van der Waals surface area contributed by atoms with Crippen LogP contribution >= 0.6 is 0 Å². The number of hydrogen-bond donors (Lipinski definition) is 1. The van der Waals surface area contributed by atoms with Gasteiger partial charge in [0.25, 0.3) is 17.3 Å². The molecular formula is C22H20N4O7. The normalized spacial score (nSPS) is 11.4. The number of non-ortho nitro benzene ring substituents is 2. The number of aryl methyl sites for hydroxylation is 1.